The van der Waals surface area contributed by atoms with Crippen molar-refractivity contribution < 1.29 is 18.3 Å². The number of ether oxygens (including phenoxy) is 1. The number of nitrogens with one attached hydrogen (secondary N) is 1. The molecule has 2 saturated heterocycles. The van der Waals surface area contributed by atoms with Crippen molar-refractivity contribution >= 4 is 46.4 Å². The van der Waals surface area contributed by atoms with Crippen LogP contribution < -0.4 is 15.1 Å². The Morgan fingerprint density at radius 1 is 1.33 bits per heavy atom. The lowest BCUT2D eigenvalue weighted by Crippen LogP contribution is -2.36. The maximum atomic E-state index is 14.6. The van der Waals surface area contributed by atoms with Gasteiger partial charge in [0.2, 0.25) is 0 Å². The number of amides is 1. The third-order valence-electron chi connectivity index (χ3n) is 4.54. The predicted molar refractivity (Wildman–Crippen MR) is 109 cm³/mol. The van der Waals surface area contributed by atoms with E-state index in [2.05, 4.69) is 5.32 Å². The Bertz CT molecular complexity index is 704. The van der Waals surface area contributed by atoms with Crippen molar-refractivity contribution in [2.45, 2.75) is 20.0 Å². The highest BCUT2D eigenvalue weighted by Gasteiger charge is 2.34. The van der Waals surface area contributed by atoms with Crippen LogP contribution in [0.5, 0.6) is 0 Å². The zero-order valence-electron chi connectivity index (χ0n) is 15.3. The molecule has 1 atom stereocenters. The first kappa shape index (κ1) is 20.1. The molecule has 5 nitrogen and oxygen atoms in total. The molecule has 0 bridgehead atoms. The molecule has 9 heteroatoms. The number of halogens is 2. The number of carbonyl (C=O) groups is 1. The molecule has 0 radical (unpaired) electrons. The van der Waals surface area contributed by atoms with E-state index in [1.165, 1.54) is 17.0 Å². The van der Waals surface area contributed by atoms with Crippen molar-refractivity contribution in [2.24, 2.45) is 5.92 Å². The highest BCUT2D eigenvalue weighted by molar-refractivity contribution is 7.99. The number of thiocarbonyl (C=S) groups is 1. The van der Waals surface area contributed by atoms with E-state index in [1.54, 1.807) is 16.7 Å². The molecule has 2 aliphatic rings. The Morgan fingerprint density at radius 3 is 2.56 bits per heavy atom. The Labute approximate surface area is 167 Å². The highest BCUT2D eigenvalue weighted by atomic mass is 32.2. The van der Waals surface area contributed by atoms with Crippen LogP contribution in [0.3, 0.4) is 0 Å². The van der Waals surface area contributed by atoms with Crippen LogP contribution in [-0.4, -0.2) is 54.9 Å². The van der Waals surface area contributed by atoms with Crippen molar-refractivity contribution in [3.05, 3.63) is 23.8 Å². The van der Waals surface area contributed by atoms with Gasteiger partial charge in [0.25, 0.3) is 0 Å². The van der Waals surface area contributed by atoms with Gasteiger partial charge in [-0.2, -0.15) is 11.8 Å². The number of cyclic esters (lactones) is 1. The zero-order valence-corrected chi connectivity index (χ0v) is 17.0. The van der Waals surface area contributed by atoms with Gasteiger partial charge in [-0.15, -0.1) is 0 Å². The van der Waals surface area contributed by atoms with Crippen LogP contribution in [0.25, 0.3) is 0 Å². The second kappa shape index (κ2) is 8.60. The average molecular weight is 416 g/mol. The van der Waals surface area contributed by atoms with Crippen molar-refractivity contribution in [1.82, 2.24) is 5.32 Å². The minimum absolute atomic E-state index is 0.0212. The number of benzene rings is 1. The molecule has 0 aromatic heterocycles. The van der Waals surface area contributed by atoms with Gasteiger partial charge in [0.15, 0.2) is 11.6 Å². The maximum Gasteiger partial charge on any atom is 0.414 e. The molecular weight excluding hydrogens is 392 g/mol. The lowest BCUT2D eigenvalue weighted by atomic mass is 10.2. The number of thioether (sulfide) groups is 1. The molecule has 1 amide bonds. The second-order valence-electron chi connectivity index (χ2n) is 6.87. The lowest BCUT2D eigenvalue weighted by molar-refractivity contribution is 0.143. The van der Waals surface area contributed by atoms with E-state index in [0.29, 0.717) is 24.6 Å². The van der Waals surface area contributed by atoms with Crippen molar-refractivity contribution in [3.8, 4) is 0 Å². The molecule has 1 aromatic carbocycles. The second-order valence-corrected chi connectivity index (χ2v) is 8.54. The van der Waals surface area contributed by atoms with E-state index in [9.17, 15) is 13.6 Å². The Hall–Kier alpha value is -1.61. The summed E-state index contributed by atoms with van der Waals surface area (Å²) in [6, 6.07) is 2.41. The minimum atomic E-state index is -0.660. The first-order valence-corrected chi connectivity index (χ1v) is 10.5. The van der Waals surface area contributed by atoms with Crippen LogP contribution in [0.1, 0.15) is 13.8 Å². The van der Waals surface area contributed by atoms with Crippen LogP contribution in [0.2, 0.25) is 0 Å². The molecule has 148 valence electrons. The monoisotopic (exact) mass is 415 g/mol. The van der Waals surface area contributed by atoms with E-state index in [0.717, 1.165) is 11.5 Å². The highest BCUT2D eigenvalue weighted by Crippen LogP contribution is 2.32. The van der Waals surface area contributed by atoms with Crippen molar-refractivity contribution in [1.29, 1.82) is 0 Å². The Kier molecular flexibility index (Phi) is 6.41. The quantitative estimate of drug-likeness (QED) is 0.744. The summed E-state index contributed by atoms with van der Waals surface area (Å²) in [7, 11) is 0. The van der Waals surface area contributed by atoms with Gasteiger partial charge in [0, 0.05) is 42.6 Å². The molecule has 0 spiro atoms. The van der Waals surface area contributed by atoms with Crippen LogP contribution in [-0.2, 0) is 4.74 Å². The summed E-state index contributed by atoms with van der Waals surface area (Å²) in [5.41, 5.74) is 0.145. The Morgan fingerprint density at radius 2 is 1.96 bits per heavy atom. The summed E-state index contributed by atoms with van der Waals surface area (Å²) in [6.07, 6.45) is -1.04. The molecular formula is C18H23F2N3O2S2. The SMILES string of the molecule is CC(C)C(=S)NCC1CN(c2cc(F)c(N3CCSCC3)c(F)c2)C(=O)O1. The topological polar surface area (TPSA) is 44.8 Å². The van der Waals surface area contributed by atoms with Gasteiger partial charge < -0.3 is 15.0 Å². The predicted octanol–water partition coefficient (Wildman–Crippen LogP) is 3.42. The molecule has 3 rings (SSSR count). The standard InChI is InChI=1S/C18H23F2N3O2S2/c1-11(2)17(26)21-9-13-10-23(18(24)25-13)12-7-14(19)16(15(20)8-12)22-3-5-27-6-4-22/h7-8,11,13H,3-6,9-10H2,1-2H3,(H,21,26). The van der Waals surface area contributed by atoms with E-state index in [-0.39, 0.29) is 23.8 Å². The summed E-state index contributed by atoms with van der Waals surface area (Å²) in [5.74, 6) is 0.550. The number of hydrogen-bond acceptors (Lipinski definition) is 5. The third-order valence-corrected chi connectivity index (χ3v) is 6.10. The Balaban J connectivity index is 1.70. The number of rotatable bonds is 5. The molecule has 2 heterocycles. The van der Waals surface area contributed by atoms with E-state index >= 15 is 0 Å². The summed E-state index contributed by atoms with van der Waals surface area (Å²) < 4.78 is 34.5. The number of anilines is 2. The van der Waals surface area contributed by atoms with Crippen molar-refractivity contribution in [3.63, 3.8) is 0 Å². The largest absolute Gasteiger partial charge is 0.442 e. The van der Waals surface area contributed by atoms with Crippen molar-refractivity contribution in [2.75, 3.05) is 47.5 Å². The average Bonchev–Trinajstić information content (AvgIpc) is 3.00. The van der Waals surface area contributed by atoms with Gasteiger partial charge in [-0.3, -0.25) is 4.90 Å². The van der Waals surface area contributed by atoms with Gasteiger partial charge in [-0.05, 0) is 0 Å². The lowest BCUT2D eigenvalue weighted by Gasteiger charge is -2.29. The van der Waals surface area contributed by atoms with Gasteiger partial charge in [-0.1, -0.05) is 26.1 Å². The van der Waals surface area contributed by atoms with Gasteiger partial charge in [0.05, 0.1) is 23.8 Å². The first-order chi connectivity index (χ1) is 12.9. The van der Waals surface area contributed by atoms with Crippen LogP contribution >= 0.6 is 24.0 Å². The molecule has 1 unspecified atom stereocenters. The number of nitrogens with zero attached hydrogens (tertiary/aromatic N) is 2. The van der Waals surface area contributed by atoms with E-state index < -0.39 is 23.8 Å². The fourth-order valence-corrected chi connectivity index (χ4v) is 4.04. The van der Waals surface area contributed by atoms with Gasteiger partial charge in [-0.25, -0.2) is 13.6 Å². The molecule has 0 aliphatic carbocycles. The smallest absolute Gasteiger partial charge is 0.414 e. The maximum absolute atomic E-state index is 14.6. The normalized spacial score (nSPS) is 20.2. The zero-order chi connectivity index (χ0) is 19.6. The van der Waals surface area contributed by atoms with Crippen LogP contribution in [0.4, 0.5) is 25.0 Å². The molecule has 0 saturated carbocycles. The first-order valence-electron chi connectivity index (χ1n) is 8.94. The van der Waals surface area contributed by atoms with E-state index in [1.807, 2.05) is 13.8 Å². The fourth-order valence-electron chi connectivity index (χ4n) is 3.05. The summed E-state index contributed by atoms with van der Waals surface area (Å²) in [5, 5.41) is 3.06. The van der Waals surface area contributed by atoms with Gasteiger partial charge >= 0.3 is 6.09 Å². The minimum Gasteiger partial charge on any atom is -0.442 e. The molecule has 1 aromatic rings. The van der Waals surface area contributed by atoms with E-state index in [4.69, 9.17) is 17.0 Å². The van der Waals surface area contributed by atoms with Crippen LogP contribution in [0, 0.1) is 17.6 Å². The van der Waals surface area contributed by atoms with Crippen LogP contribution in [0.15, 0.2) is 12.1 Å². The molecule has 2 fully saturated rings. The summed E-state index contributed by atoms with van der Waals surface area (Å²) >= 11 is 6.97. The number of carbonyl (C=O) groups excluding carboxylic acids is 1. The third kappa shape index (κ3) is 4.63. The van der Waals surface area contributed by atoms with Gasteiger partial charge in [0.1, 0.15) is 11.8 Å². The summed E-state index contributed by atoms with van der Waals surface area (Å²) in [4.78, 5) is 15.8. The molecule has 2 aliphatic heterocycles. The molecule has 27 heavy (non-hydrogen) atoms. The number of hydrogen-bond donors (Lipinski definition) is 1. The fraction of sp³-hybridized carbons (Fsp3) is 0.556. The summed E-state index contributed by atoms with van der Waals surface area (Å²) in [6.45, 7) is 5.73. The molecule has 1 N–H and O–H groups in total.